The first kappa shape index (κ1) is 17.4. The number of rotatable bonds is 5. The van der Waals surface area contributed by atoms with Crippen LogP contribution in [0.3, 0.4) is 0 Å². The van der Waals surface area contributed by atoms with Crippen molar-refractivity contribution in [2.75, 3.05) is 13.1 Å². The predicted octanol–water partition coefficient (Wildman–Crippen LogP) is 3.89. The molecule has 0 spiro atoms. The van der Waals surface area contributed by atoms with Crippen LogP contribution in [0, 0.1) is 0 Å². The highest BCUT2D eigenvalue weighted by Crippen LogP contribution is 2.33. The predicted molar refractivity (Wildman–Crippen MR) is 98.1 cm³/mol. The second-order valence-corrected chi connectivity index (χ2v) is 6.97. The minimum atomic E-state index is -0.823. The summed E-state index contributed by atoms with van der Waals surface area (Å²) in [6.45, 7) is 3.67. The highest BCUT2D eigenvalue weighted by Gasteiger charge is 2.31. The SMILES string of the molecule is CC(c1ccccc1-c1ccc(Cl)cc1)C(O)C(O)N1CCCC1. The fourth-order valence-electron chi connectivity index (χ4n) is 3.45. The van der Waals surface area contributed by atoms with Gasteiger partial charge in [0.05, 0.1) is 0 Å². The Kier molecular flexibility index (Phi) is 5.57. The van der Waals surface area contributed by atoms with E-state index in [0.717, 1.165) is 42.6 Å². The molecule has 1 aliphatic heterocycles. The number of aliphatic hydroxyl groups is 2. The Labute approximate surface area is 148 Å². The number of aliphatic hydroxyl groups excluding tert-OH is 2. The highest BCUT2D eigenvalue weighted by molar-refractivity contribution is 6.30. The fourth-order valence-corrected chi connectivity index (χ4v) is 3.58. The molecule has 0 aromatic heterocycles. The van der Waals surface area contributed by atoms with E-state index in [4.69, 9.17) is 11.6 Å². The maximum Gasteiger partial charge on any atom is 0.134 e. The first-order chi connectivity index (χ1) is 11.6. The van der Waals surface area contributed by atoms with Gasteiger partial charge in [0.15, 0.2) is 0 Å². The summed E-state index contributed by atoms with van der Waals surface area (Å²) in [6, 6.07) is 15.7. The molecule has 2 N–H and O–H groups in total. The lowest BCUT2D eigenvalue weighted by Gasteiger charge is -2.31. The van der Waals surface area contributed by atoms with Crippen molar-refractivity contribution in [3.05, 3.63) is 59.1 Å². The summed E-state index contributed by atoms with van der Waals surface area (Å²) < 4.78 is 0. The van der Waals surface area contributed by atoms with Crippen LogP contribution in [0.15, 0.2) is 48.5 Å². The van der Waals surface area contributed by atoms with Gasteiger partial charge in [-0.2, -0.15) is 0 Å². The molecule has 3 rings (SSSR count). The van der Waals surface area contributed by atoms with Crippen molar-refractivity contribution in [3.8, 4) is 11.1 Å². The zero-order valence-corrected chi connectivity index (χ0v) is 14.7. The van der Waals surface area contributed by atoms with Crippen molar-refractivity contribution < 1.29 is 10.2 Å². The zero-order valence-electron chi connectivity index (χ0n) is 13.9. The molecule has 3 atom stereocenters. The van der Waals surface area contributed by atoms with Gasteiger partial charge in [0.2, 0.25) is 0 Å². The third kappa shape index (κ3) is 3.65. The molecule has 1 aliphatic rings. The fraction of sp³-hybridized carbons (Fsp3) is 0.400. The van der Waals surface area contributed by atoms with E-state index in [1.54, 1.807) is 0 Å². The molecule has 2 aromatic carbocycles. The molecule has 1 fully saturated rings. The first-order valence-corrected chi connectivity index (χ1v) is 8.91. The van der Waals surface area contributed by atoms with Crippen LogP contribution in [-0.4, -0.2) is 40.5 Å². The average Bonchev–Trinajstić information content (AvgIpc) is 3.15. The highest BCUT2D eigenvalue weighted by atomic mass is 35.5. The van der Waals surface area contributed by atoms with Gasteiger partial charge in [-0.3, -0.25) is 4.90 Å². The van der Waals surface area contributed by atoms with Crippen LogP contribution in [0.1, 0.15) is 31.2 Å². The number of halogens is 1. The van der Waals surface area contributed by atoms with E-state index in [9.17, 15) is 10.2 Å². The summed E-state index contributed by atoms with van der Waals surface area (Å²) in [7, 11) is 0. The Balaban J connectivity index is 1.86. The molecule has 0 bridgehead atoms. The molecule has 1 heterocycles. The number of nitrogens with zero attached hydrogens (tertiary/aromatic N) is 1. The molecule has 3 unspecified atom stereocenters. The molecule has 3 nitrogen and oxygen atoms in total. The van der Waals surface area contributed by atoms with Gasteiger partial charge in [0, 0.05) is 24.0 Å². The van der Waals surface area contributed by atoms with Gasteiger partial charge in [-0.1, -0.05) is 54.9 Å². The van der Waals surface area contributed by atoms with Crippen molar-refractivity contribution in [1.82, 2.24) is 4.90 Å². The van der Waals surface area contributed by atoms with E-state index >= 15 is 0 Å². The second-order valence-electron chi connectivity index (χ2n) is 6.53. The van der Waals surface area contributed by atoms with Gasteiger partial charge in [0.25, 0.3) is 0 Å². The lowest BCUT2D eigenvalue weighted by atomic mass is 9.87. The van der Waals surface area contributed by atoms with E-state index in [-0.39, 0.29) is 5.92 Å². The van der Waals surface area contributed by atoms with Crippen LogP contribution < -0.4 is 0 Å². The molecule has 128 valence electrons. The second kappa shape index (κ2) is 7.66. The van der Waals surface area contributed by atoms with Crippen molar-refractivity contribution >= 4 is 11.6 Å². The van der Waals surface area contributed by atoms with Crippen LogP contribution in [0.5, 0.6) is 0 Å². The Bertz CT molecular complexity index is 668. The summed E-state index contributed by atoms with van der Waals surface area (Å²) in [4.78, 5) is 1.96. The largest absolute Gasteiger partial charge is 0.388 e. The van der Waals surface area contributed by atoms with E-state index in [0.29, 0.717) is 5.02 Å². The van der Waals surface area contributed by atoms with Crippen molar-refractivity contribution in [3.63, 3.8) is 0 Å². The normalized spacial score (nSPS) is 19.2. The summed E-state index contributed by atoms with van der Waals surface area (Å²) in [5.41, 5.74) is 3.16. The van der Waals surface area contributed by atoms with Crippen LogP contribution in [-0.2, 0) is 0 Å². The molecule has 24 heavy (non-hydrogen) atoms. The van der Waals surface area contributed by atoms with Gasteiger partial charge < -0.3 is 10.2 Å². The molecule has 2 aromatic rings. The van der Waals surface area contributed by atoms with Crippen LogP contribution in [0.25, 0.3) is 11.1 Å². The minimum Gasteiger partial charge on any atom is -0.388 e. The molecule has 0 amide bonds. The summed E-state index contributed by atoms with van der Waals surface area (Å²) in [5, 5.41) is 21.9. The Morgan fingerprint density at radius 3 is 2.25 bits per heavy atom. The maximum atomic E-state index is 10.7. The number of benzene rings is 2. The van der Waals surface area contributed by atoms with Crippen LogP contribution in [0.4, 0.5) is 0 Å². The Morgan fingerprint density at radius 2 is 1.58 bits per heavy atom. The van der Waals surface area contributed by atoms with Gasteiger partial charge in [0.1, 0.15) is 12.3 Å². The average molecular weight is 346 g/mol. The Hall–Kier alpha value is -1.39. The smallest absolute Gasteiger partial charge is 0.134 e. The molecule has 0 aliphatic carbocycles. The molecular formula is C20H24ClNO2. The number of likely N-dealkylation sites (tertiary alicyclic amines) is 1. The summed E-state index contributed by atoms with van der Waals surface area (Å²) in [6.07, 6.45) is 0.524. The number of hydrogen-bond donors (Lipinski definition) is 2. The van der Waals surface area contributed by atoms with E-state index in [2.05, 4.69) is 0 Å². The topological polar surface area (TPSA) is 43.7 Å². The molecule has 0 saturated carbocycles. The number of hydrogen-bond acceptors (Lipinski definition) is 3. The third-order valence-corrected chi connectivity index (χ3v) is 5.19. The van der Waals surface area contributed by atoms with Gasteiger partial charge in [-0.15, -0.1) is 0 Å². The van der Waals surface area contributed by atoms with Crippen LogP contribution >= 0.6 is 11.6 Å². The van der Waals surface area contributed by atoms with Gasteiger partial charge >= 0.3 is 0 Å². The molecular weight excluding hydrogens is 322 g/mol. The molecule has 0 radical (unpaired) electrons. The van der Waals surface area contributed by atoms with E-state index < -0.39 is 12.3 Å². The van der Waals surface area contributed by atoms with E-state index in [1.807, 2.05) is 60.4 Å². The summed E-state index contributed by atoms with van der Waals surface area (Å²) in [5.74, 6) is -0.174. The standard InChI is InChI=1S/C20H24ClNO2/c1-14(19(23)20(24)22-12-4-5-13-22)17-6-2-3-7-18(17)15-8-10-16(21)11-9-15/h2-3,6-11,14,19-20,23-24H,4-5,12-13H2,1H3. The zero-order chi connectivity index (χ0) is 17.1. The molecule has 1 saturated heterocycles. The maximum absolute atomic E-state index is 10.7. The lowest BCUT2D eigenvalue weighted by molar-refractivity contribution is -0.0817. The third-order valence-electron chi connectivity index (χ3n) is 4.94. The van der Waals surface area contributed by atoms with Gasteiger partial charge in [-0.25, -0.2) is 0 Å². The quantitative estimate of drug-likeness (QED) is 0.864. The first-order valence-electron chi connectivity index (χ1n) is 8.53. The van der Waals surface area contributed by atoms with Crippen LogP contribution in [0.2, 0.25) is 5.02 Å². The monoisotopic (exact) mass is 345 g/mol. The van der Waals surface area contributed by atoms with Crippen molar-refractivity contribution in [2.45, 2.75) is 38.0 Å². The minimum absolute atomic E-state index is 0.174. The molecule has 4 heteroatoms. The van der Waals surface area contributed by atoms with E-state index in [1.165, 1.54) is 0 Å². The Morgan fingerprint density at radius 1 is 0.958 bits per heavy atom. The summed E-state index contributed by atoms with van der Waals surface area (Å²) >= 11 is 5.99. The lowest BCUT2D eigenvalue weighted by Crippen LogP contribution is -2.44. The van der Waals surface area contributed by atoms with Crippen molar-refractivity contribution in [2.24, 2.45) is 0 Å². The van der Waals surface area contributed by atoms with Crippen molar-refractivity contribution in [1.29, 1.82) is 0 Å². The van der Waals surface area contributed by atoms with Gasteiger partial charge in [-0.05, 0) is 41.7 Å².